The fourth-order valence-corrected chi connectivity index (χ4v) is 5.22. The van der Waals surface area contributed by atoms with Crippen LogP contribution in [0.5, 0.6) is 0 Å². The van der Waals surface area contributed by atoms with E-state index in [1.54, 1.807) is 18.6 Å². The lowest BCUT2D eigenvalue weighted by Gasteiger charge is -2.35. The Labute approximate surface area is 176 Å². The zero-order valence-electron chi connectivity index (χ0n) is 17.1. The Bertz CT molecular complexity index is 838. The first-order valence-electron chi connectivity index (χ1n) is 10.9. The number of amides is 1. The van der Waals surface area contributed by atoms with Crippen LogP contribution in [0.3, 0.4) is 0 Å². The molecule has 9 heteroatoms. The predicted octanol–water partition coefficient (Wildman–Crippen LogP) is 0.266. The van der Waals surface area contributed by atoms with E-state index in [1.165, 1.54) is 0 Å². The van der Waals surface area contributed by atoms with Crippen LogP contribution in [0.15, 0.2) is 36.9 Å². The molecule has 0 unspecified atom stereocenters. The van der Waals surface area contributed by atoms with Gasteiger partial charge in [-0.3, -0.25) is 14.4 Å². The summed E-state index contributed by atoms with van der Waals surface area (Å²) < 4.78 is 1.88. The lowest BCUT2D eigenvalue weighted by atomic mass is 9.77. The molecule has 2 aliphatic heterocycles. The monoisotopic (exact) mass is 411 g/mol. The molecule has 9 nitrogen and oxygen atoms in total. The molecular formula is C21H29N7O2. The molecule has 4 heterocycles. The highest BCUT2D eigenvalue weighted by Crippen LogP contribution is 2.41. The van der Waals surface area contributed by atoms with Crippen LogP contribution in [-0.4, -0.2) is 92.5 Å². The lowest BCUT2D eigenvalue weighted by molar-refractivity contribution is -0.131. The maximum atomic E-state index is 13.0. The largest absolute Gasteiger partial charge is 0.391 e. The third-order valence-electron chi connectivity index (χ3n) is 6.89. The quantitative estimate of drug-likeness (QED) is 0.772. The van der Waals surface area contributed by atoms with Crippen LogP contribution >= 0.6 is 0 Å². The molecular weight excluding hydrogens is 382 g/mol. The highest BCUT2D eigenvalue weighted by atomic mass is 16.3. The first-order chi connectivity index (χ1) is 14.7. The minimum absolute atomic E-state index is 0.0181. The van der Waals surface area contributed by atoms with E-state index in [0.29, 0.717) is 18.4 Å². The number of aliphatic hydroxyl groups excluding tert-OH is 1. The fourth-order valence-electron chi connectivity index (χ4n) is 5.22. The molecule has 1 amide bonds. The van der Waals surface area contributed by atoms with Gasteiger partial charge < -0.3 is 14.9 Å². The number of rotatable bonds is 4. The number of likely N-dealkylation sites (tertiary alicyclic amines) is 1. The average Bonchev–Trinajstić information content (AvgIpc) is 3.44. The highest BCUT2D eigenvalue weighted by Gasteiger charge is 2.43. The van der Waals surface area contributed by atoms with Crippen LogP contribution in [0, 0.1) is 11.8 Å². The van der Waals surface area contributed by atoms with E-state index in [4.69, 9.17) is 0 Å². The van der Waals surface area contributed by atoms with Gasteiger partial charge in [-0.05, 0) is 36.8 Å². The molecule has 30 heavy (non-hydrogen) atoms. The van der Waals surface area contributed by atoms with E-state index >= 15 is 0 Å². The van der Waals surface area contributed by atoms with Gasteiger partial charge >= 0.3 is 0 Å². The number of fused-ring (bicyclic) bond motifs is 1. The van der Waals surface area contributed by atoms with Crippen LogP contribution < -0.4 is 4.90 Å². The number of carbonyl (C=O) groups is 1. The Morgan fingerprint density at radius 3 is 2.43 bits per heavy atom. The van der Waals surface area contributed by atoms with Gasteiger partial charge in [0.15, 0.2) is 0 Å². The van der Waals surface area contributed by atoms with E-state index in [1.807, 2.05) is 27.9 Å². The van der Waals surface area contributed by atoms with Crippen LogP contribution in [0.25, 0.3) is 0 Å². The molecule has 0 spiro atoms. The molecule has 0 bridgehead atoms. The van der Waals surface area contributed by atoms with Crippen LogP contribution in [0.1, 0.15) is 18.9 Å². The van der Waals surface area contributed by atoms with E-state index in [2.05, 4.69) is 24.9 Å². The van der Waals surface area contributed by atoms with Gasteiger partial charge in [-0.1, -0.05) is 0 Å². The molecule has 2 aromatic heterocycles. The van der Waals surface area contributed by atoms with Gasteiger partial charge in [0.1, 0.15) is 0 Å². The minimum atomic E-state index is -0.394. The number of aliphatic hydroxyl groups is 1. The van der Waals surface area contributed by atoms with Crippen molar-refractivity contribution >= 4 is 11.9 Å². The molecule has 160 valence electrons. The van der Waals surface area contributed by atoms with Crippen molar-refractivity contribution in [2.24, 2.45) is 11.8 Å². The van der Waals surface area contributed by atoms with Crippen molar-refractivity contribution in [1.29, 1.82) is 0 Å². The van der Waals surface area contributed by atoms with Crippen molar-refractivity contribution in [3.63, 3.8) is 0 Å². The number of piperazine rings is 1. The molecule has 3 fully saturated rings. The molecule has 2 saturated heterocycles. The SMILES string of the molecule is O=C(CN1CCN(c2ncccn2)CC1)N1C[C@H]2C[C@@H](n3cccn3)[C@H](O)C[C@H]2C1. The summed E-state index contributed by atoms with van der Waals surface area (Å²) in [5, 5.41) is 14.9. The van der Waals surface area contributed by atoms with Crippen molar-refractivity contribution in [2.45, 2.75) is 25.0 Å². The molecule has 0 aromatic carbocycles. The van der Waals surface area contributed by atoms with Gasteiger partial charge in [-0.15, -0.1) is 0 Å². The standard InChI is InChI=1S/C21H29N7O2/c29-19-12-17-14-27(13-16(17)11-18(19)28-6-2-5-24-28)20(30)15-25-7-9-26(10-8-25)21-22-3-1-4-23-21/h1-6,16-19,29H,7-15H2/t16-,17+,18-,19-/m1/s1. The lowest BCUT2D eigenvalue weighted by Crippen LogP contribution is -2.50. The fraction of sp³-hybridized carbons (Fsp3) is 0.619. The third-order valence-corrected chi connectivity index (χ3v) is 6.89. The highest BCUT2D eigenvalue weighted by molar-refractivity contribution is 5.78. The minimum Gasteiger partial charge on any atom is -0.391 e. The summed E-state index contributed by atoms with van der Waals surface area (Å²) >= 11 is 0. The summed E-state index contributed by atoms with van der Waals surface area (Å²) in [6.45, 7) is 5.38. The smallest absolute Gasteiger partial charge is 0.236 e. The van der Waals surface area contributed by atoms with Gasteiger partial charge in [-0.25, -0.2) is 9.97 Å². The van der Waals surface area contributed by atoms with Crippen molar-refractivity contribution < 1.29 is 9.90 Å². The summed E-state index contributed by atoms with van der Waals surface area (Å²) in [6, 6.07) is 3.74. The maximum absolute atomic E-state index is 13.0. The number of carbonyl (C=O) groups excluding carboxylic acids is 1. The van der Waals surface area contributed by atoms with E-state index in [9.17, 15) is 9.90 Å². The topological polar surface area (TPSA) is 90.6 Å². The van der Waals surface area contributed by atoms with E-state index in [-0.39, 0.29) is 11.9 Å². The molecule has 1 N–H and O–H groups in total. The van der Waals surface area contributed by atoms with Gasteiger partial charge in [0.05, 0.1) is 18.7 Å². The Balaban J connectivity index is 1.13. The van der Waals surface area contributed by atoms with Gasteiger partial charge in [0.2, 0.25) is 11.9 Å². The second-order valence-electron chi connectivity index (χ2n) is 8.72. The third kappa shape index (κ3) is 3.91. The van der Waals surface area contributed by atoms with Crippen molar-refractivity contribution in [3.8, 4) is 0 Å². The van der Waals surface area contributed by atoms with E-state index < -0.39 is 6.10 Å². The summed E-state index contributed by atoms with van der Waals surface area (Å²) in [7, 11) is 0. The summed E-state index contributed by atoms with van der Waals surface area (Å²) in [6.07, 6.45) is 8.44. The first-order valence-corrected chi connectivity index (χ1v) is 10.9. The average molecular weight is 412 g/mol. The number of hydrogen-bond donors (Lipinski definition) is 1. The second-order valence-corrected chi connectivity index (χ2v) is 8.72. The molecule has 1 saturated carbocycles. The molecule has 4 atom stereocenters. The van der Waals surface area contributed by atoms with E-state index in [0.717, 1.165) is 58.1 Å². The summed E-state index contributed by atoms with van der Waals surface area (Å²) in [5.41, 5.74) is 0. The number of anilines is 1. The maximum Gasteiger partial charge on any atom is 0.236 e. The Hall–Kier alpha value is -2.52. The second kappa shape index (κ2) is 8.31. The molecule has 3 aliphatic rings. The number of aromatic nitrogens is 4. The zero-order valence-corrected chi connectivity index (χ0v) is 17.1. The van der Waals surface area contributed by atoms with Gasteiger partial charge in [0, 0.05) is 64.1 Å². The van der Waals surface area contributed by atoms with Gasteiger partial charge in [0.25, 0.3) is 0 Å². The Morgan fingerprint density at radius 2 is 1.73 bits per heavy atom. The Kier molecular flexibility index (Phi) is 5.39. The van der Waals surface area contributed by atoms with Crippen LogP contribution in [0.2, 0.25) is 0 Å². The normalized spacial score (nSPS) is 29.8. The molecule has 5 rings (SSSR count). The van der Waals surface area contributed by atoms with Crippen LogP contribution in [-0.2, 0) is 4.79 Å². The van der Waals surface area contributed by atoms with Crippen LogP contribution in [0.4, 0.5) is 5.95 Å². The van der Waals surface area contributed by atoms with Crippen molar-refractivity contribution in [1.82, 2.24) is 29.5 Å². The van der Waals surface area contributed by atoms with Crippen molar-refractivity contribution in [3.05, 3.63) is 36.9 Å². The Morgan fingerprint density at radius 1 is 1.00 bits per heavy atom. The van der Waals surface area contributed by atoms with Gasteiger partial charge in [-0.2, -0.15) is 5.10 Å². The number of nitrogens with zero attached hydrogens (tertiary/aromatic N) is 7. The summed E-state index contributed by atoms with van der Waals surface area (Å²) in [4.78, 5) is 28.0. The predicted molar refractivity (Wildman–Crippen MR) is 111 cm³/mol. The number of hydrogen-bond acceptors (Lipinski definition) is 7. The molecule has 2 aromatic rings. The summed E-state index contributed by atoms with van der Waals surface area (Å²) in [5.74, 6) is 1.80. The molecule has 0 radical (unpaired) electrons. The van der Waals surface area contributed by atoms with Crippen molar-refractivity contribution in [2.75, 3.05) is 50.7 Å². The first kappa shape index (κ1) is 19.4. The molecule has 1 aliphatic carbocycles. The zero-order chi connectivity index (χ0) is 20.5.